The van der Waals surface area contributed by atoms with Crippen molar-refractivity contribution < 1.29 is 18.0 Å². The summed E-state index contributed by atoms with van der Waals surface area (Å²) in [6, 6.07) is 9.44. The van der Waals surface area contributed by atoms with Crippen molar-refractivity contribution in [3.8, 4) is 11.3 Å². The fourth-order valence-electron chi connectivity index (χ4n) is 3.67. The van der Waals surface area contributed by atoms with Crippen LogP contribution in [0.3, 0.4) is 0 Å². The predicted octanol–water partition coefficient (Wildman–Crippen LogP) is 5.55. The molecule has 0 radical (unpaired) electrons. The van der Waals surface area contributed by atoms with Gasteiger partial charge in [0.25, 0.3) is 5.91 Å². The Bertz CT molecular complexity index is 1530. The highest BCUT2D eigenvalue weighted by Crippen LogP contribution is 2.34. The van der Waals surface area contributed by atoms with Crippen LogP contribution in [0.25, 0.3) is 27.7 Å². The Balaban J connectivity index is 1.50. The summed E-state index contributed by atoms with van der Waals surface area (Å²) in [6.45, 7) is 0.257. The zero-order valence-corrected chi connectivity index (χ0v) is 17.6. The van der Waals surface area contributed by atoms with Gasteiger partial charge >= 0.3 is 0 Å². The monoisotopic (exact) mass is 466 g/mol. The minimum Gasteiger partial charge on any atom is -0.348 e. The van der Waals surface area contributed by atoms with Gasteiger partial charge in [-0.05, 0) is 23.8 Å². The molecule has 3 heterocycles. The molecule has 5 rings (SSSR count). The Kier molecular flexibility index (Phi) is 5.22. The number of rotatable bonds is 4. The van der Waals surface area contributed by atoms with Crippen molar-refractivity contribution >= 4 is 33.9 Å². The molecule has 33 heavy (non-hydrogen) atoms. The number of nitrogens with zero attached hydrogens (tertiary/aromatic N) is 3. The number of hydrogen-bond acceptors (Lipinski definition) is 3. The maximum atomic E-state index is 14.4. The van der Waals surface area contributed by atoms with Gasteiger partial charge in [0.1, 0.15) is 23.1 Å². The third-order valence-corrected chi connectivity index (χ3v) is 5.55. The van der Waals surface area contributed by atoms with Gasteiger partial charge in [-0.1, -0.05) is 23.7 Å². The minimum absolute atomic E-state index is 0.0791. The summed E-state index contributed by atoms with van der Waals surface area (Å²) in [6.07, 6.45) is 6.59. The summed E-state index contributed by atoms with van der Waals surface area (Å²) < 4.78 is 44.1. The zero-order valence-electron chi connectivity index (χ0n) is 16.8. The summed E-state index contributed by atoms with van der Waals surface area (Å²) in [5, 5.41) is 3.78. The number of nitrogens with one attached hydrogen (secondary N) is 1. The fourth-order valence-corrected chi connectivity index (χ4v) is 3.89. The molecule has 0 unspecified atom stereocenters. The Morgan fingerprint density at radius 2 is 1.79 bits per heavy atom. The lowest BCUT2D eigenvalue weighted by Gasteiger charge is -2.12. The van der Waals surface area contributed by atoms with Crippen LogP contribution >= 0.6 is 11.6 Å². The molecule has 0 aliphatic carbocycles. The summed E-state index contributed by atoms with van der Waals surface area (Å²) in [4.78, 5) is 21.1. The number of carbonyl (C=O) groups is 1. The van der Waals surface area contributed by atoms with E-state index in [0.29, 0.717) is 17.5 Å². The van der Waals surface area contributed by atoms with Crippen LogP contribution < -0.4 is 5.32 Å². The van der Waals surface area contributed by atoms with Crippen molar-refractivity contribution in [3.63, 3.8) is 0 Å². The van der Waals surface area contributed by atoms with Crippen molar-refractivity contribution in [1.29, 1.82) is 0 Å². The van der Waals surface area contributed by atoms with Gasteiger partial charge in [-0.25, -0.2) is 18.2 Å². The van der Waals surface area contributed by atoms with E-state index in [2.05, 4.69) is 15.3 Å². The average Bonchev–Trinajstić information content (AvgIpc) is 3.26. The highest BCUT2D eigenvalue weighted by Gasteiger charge is 2.19. The van der Waals surface area contributed by atoms with Gasteiger partial charge < -0.3 is 9.72 Å². The molecular formula is C24H14ClF3N4O. The molecule has 0 bridgehead atoms. The van der Waals surface area contributed by atoms with Crippen LogP contribution in [0.15, 0.2) is 67.3 Å². The van der Waals surface area contributed by atoms with Crippen LogP contribution in [0.5, 0.6) is 0 Å². The molecule has 3 aromatic heterocycles. The topological polar surface area (TPSA) is 59.3 Å². The summed E-state index contributed by atoms with van der Waals surface area (Å²) in [7, 11) is 0. The smallest absolute Gasteiger partial charge is 0.251 e. The van der Waals surface area contributed by atoms with Gasteiger partial charge in [0, 0.05) is 59.8 Å². The molecule has 9 heteroatoms. The van der Waals surface area contributed by atoms with Crippen molar-refractivity contribution in [2.45, 2.75) is 6.54 Å². The first-order valence-electron chi connectivity index (χ1n) is 9.83. The Hall–Kier alpha value is -3.91. The number of pyridine rings is 2. The lowest BCUT2D eigenvalue weighted by Crippen LogP contribution is -2.22. The van der Waals surface area contributed by atoms with Gasteiger partial charge in [0.2, 0.25) is 0 Å². The van der Waals surface area contributed by atoms with Gasteiger partial charge in [0.15, 0.2) is 0 Å². The van der Waals surface area contributed by atoms with Crippen LogP contribution in [0, 0.1) is 17.5 Å². The Morgan fingerprint density at radius 1 is 1.00 bits per heavy atom. The zero-order chi connectivity index (χ0) is 23.1. The van der Waals surface area contributed by atoms with Gasteiger partial charge in [-0.15, -0.1) is 0 Å². The summed E-state index contributed by atoms with van der Waals surface area (Å²) in [5.41, 5.74) is 1.32. The first-order valence-corrected chi connectivity index (χ1v) is 10.2. The van der Waals surface area contributed by atoms with E-state index in [1.54, 1.807) is 24.5 Å². The molecule has 164 valence electrons. The number of hydrogen-bond donors (Lipinski definition) is 1. The maximum absolute atomic E-state index is 14.4. The second-order valence-electron chi connectivity index (χ2n) is 7.37. The number of imidazole rings is 1. The SMILES string of the molecule is O=C(NCc1ccc2nccn2c1)c1ccc2c(Cl)cnc(-c3c(F)cc(F)cc3F)c2c1. The van der Waals surface area contributed by atoms with E-state index in [9.17, 15) is 18.0 Å². The summed E-state index contributed by atoms with van der Waals surface area (Å²) >= 11 is 6.21. The number of aromatic nitrogens is 3. The van der Waals surface area contributed by atoms with E-state index in [-0.39, 0.29) is 28.2 Å². The molecule has 0 aliphatic rings. The lowest BCUT2D eigenvalue weighted by atomic mass is 10.0. The Labute approximate surface area is 190 Å². The molecule has 0 spiro atoms. The quantitative estimate of drug-likeness (QED) is 0.378. The van der Waals surface area contributed by atoms with Crippen LogP contribution in [0.2, 0.25) is 5.02 Å². The van der Waals surface area contributed by atoms with Crippen LogP contribution in [0.1, 0.15) is 15.9 Å². The van der Waals surface area contributed by atoms with Crippen molar-refractivity contribution in [3.05, 3.63) is 101 Å². The number of carbonyl (C=O) groups excluding carboxylic acids is 1. The van der Waals surface area contributed by atoms with E-state index >= 15 is 0 Å². The van der Waals surface area contributed by atoms with Crippen LogP contribution in [-0.4, -0.2) is 20.3 Å². The van der Waals surface area contributed by atoms with Crippen LogP contribution in [0.4, 0.5) is 13.2 Å². The molecule has 0 fully saturated rings. The van der Waals surface area contributed by atoms with Crippen molar-refractivity contribution in [2.24, 2.45) is 0 Å². The molecule has 1 N–H and O–H groups in total. The number of amides is 1. The molecule has 0 atom stereocenters. The molecule has 0 aliphatic heterocycles. The minimum atomic E-state index is -1.10. The third kappa shape index (κ3) is 3.89. The van der Waals surface area contributed by atoms with Gasteiger partial charge in [0.05, 0.1) is 16.3 Å². The number of benzene rings is 2. The molecule has 1 amide bonds. The molecule has 0 saturated carbocycles. The van der Waals surface area contributed by atoms with E-state index < -0.39 is 28.9 Å². The molecular weight excluding hydrogens is 453 g/mol. The number of halogens is 4. The first-order chi connectivity index (χ1) is 15.9. The fraction of sp³-hybridized carbons (Fsp3) is 0.0417. The highest BCUT2D eigenvalue weighted by atomic mass is 35.5. The molecule has 5 nitrogen and oxygen atoms in total. The largest absolute Gasteiger partial charge is 0.348 e. The molecule has 2 aromatic carbocycles. The third-order valence-electron chi connectivity index (χ3n) is 5.25. The second kappa shape index (κ2) is 8.22. The first kappa shape index (κ1) is 21.0. The predicted molar refractivity (Wildman–Crippen MR) is 118 cm³/mol. The molecule has 5 aromatic rings. The van der Waals surface area contributed by atoms with Crippen LogP contribution in [-0.2, 0) is 6.54 Å². The maximum Gasteiger partial charge on any atom is 0.251 e. The van der Waals surface area contributed by atoms with Gasteiger partial charge in [-0.3, -0.25) is 9.78 Å². The van der Waals surface area contributed by atoms with Crippen molar-refractivity contribution in [1.82, 2.24) is 19.7 Å². The summed E-state index contributed by atoms with van der Waals surface area (Å²) in [5.74, 6) is -3.64. The lowest BCUT2D eigenvalue weighted by molar-refractivity contribution is 0.0951. The highest BCUT2D eigenvalue weighted by molar-refractivity contribution is 6.35. The van der Waals surface area contributed by atoms with Crippen molar-refractivity contribution in [2.75, 3.05) is 0 Å². The molecule has 0 saturated heterocycles. The van der Waals surface area contributed by atoms with E-state index in [1.807, 2.05) is 22.7 Å². The Morgan fingerprint density at radius 3 is 2.58 bits per heavy atom. The average molecular weight is 467 g/mol. The van der Waals surface area contributed by atoms with Gasteiger partial charge in [-0.2, -0.15) is 0 Å². The van der Waals surface area contributed by atoms with E-state index in [4.69, 9.17) is 11.6 Å². The van der Waals surface area contributed by atoms with E-state index in [1.165, 1.54) is 12.3 Å². The second-order valence-corrected chi connectivity index (χ2v) is 7.78. The standard InChI is InChI=1S/C24H14ClF3N4O/c25-18-11-30-23(22-19(27)8-15(26)9-20(22)28)17-7-14(2-3-16(17)18)24(33)31-10-13-1-4-21-29-5-6-32(21)12-13/h1-9,11-12H,10H2,(H,31,33). The number of fused-ring (bicyclic) bond motifs is 2. The normalized spacial score (nSPS) is 11.3. The van der Waals surface area contributed by atoms with E-state index in [0.717, 1.165) is 11.2 Å².